The summed E-state index contributed by atoms with van der Waals surface area (Å²) < 4.78 is 4.85. The van der Waals surface area contributed by atoms with Gasteiger partial charge >= 0.3 is 5.97 Å². The number of nitrogens with zero attached hydrogens (tertiary/aromatic N) is 1. The zero-order chi connectivity index (χ0) is 17.6. The van der Waals surface area contributed by atoms with Crippen LogP contribution in [0.4, 0.5) is 0 Å². The molecule has 4 N–H and O–H groups in total. The van der Waals surface area contributed by atoms with E-state index in [4.69, 9.17) is 4.74 Å². The molecule has 1 saturated carbocycles. The van der Waals surface area contributed by atoms with Gasteiger partial charge in [0.15, 0.2) is 0 Å². The van der Waals surface area contributed by atoms with E-state index in [1.807, 2.05) is 19.1 Å². The molecule has 1 aliphatic heterocycles. The third kappa shape index (κ3) is 2.77. The van der Waals surface area contributed by atoms with Crippen LogP contribution in [0.1, 0.15) is 22.6 Å². The molecule has 3 rings (SSSR count). The molecule has 2 aliphatic rings. The first-order chi connectivity index (χ1) is 11.3. The molecule has 0 bridgehead atoms. The van der Waals surface area contributed by atoms with Crippen molar-refractivity contribution in [2.45, 2.75) is 62.3 Å². The molecule has 8 heteroatoms. The molecule has 1 aromatic heterocycles. The summed E-state index contributed by atoms with van der Waals surface area (Å²) in [5, 5.41) is 41.2. The number of aryl methyl sites for hydroxylation is 1. The summed E-state index contributed by atoms with van der Waals surface area (Å²) >= 11 is 1.59. The lowest BCUT2D eigenvalue weighted by Crippen LogP contribution is -2.64. The van der Waals surface area contributed by atoms with Crippen LogP contribution in [0, 0.1) is 6.92 Å². The van der Waals surface area contributed by atoms with Crippen molar-refractivity contribution >= 4 is 17.3 Å². The highest BCUT2D eigenvalue weighted by molar-refractivity contribution is 7.11. The molecule has 7 nitrogen and oxygen atoms in total. The fourth-order valence-electron chi connectivity index (χ4n) is 3.92. The number of likely N-dealkylation sites (tertiary alicyclic amines) is 1. The first-order valence-electron chi connectivity index (χ1n) is 7.93. The second kappa shape index (κ2) is 6.36. The Morgan fingerprint density at radius 2 is 2.12 bits per heavy atom. The Kier molecular flexibility index (Phi) is 4.71. The van der Waals surface area contributed by atoms with Gasteiger partial charge in [0.2, 0.25) is 0 Å². The van der Waals surface area contributed by atoms with Crippen LogP contribution in [-0.2, 0) is 16.1 Å². The lowest BCUT2D eigenvalue weighted by atomic mass is 9.75. The van der Waals surface area contributed by atoms with Gasteiger partial charge in [0.25, 0.3) is 0 Å². The SMILES string of the molecule is COC(=O)[C@@H]1C[C@@]2(O)[C@@H](O)[C@@H](O)[C@H](O)C[C@H]2N1Cc1ccc(C)s1. The number of hydrogen-bond acceptors (Lipinski definition) is 8. The van der Waals surface area contributed by atoms with E-state index >= 15 is 0 Å². The van der Waals surface area contributed by atoms with E-state index in [1.165, 1.54) is 7.11 Å². The minimum Gasteiger partial charge on any atom is -0.468 e. The molecule has 0 unspecified atom stereocenters. The third-order valence-corrected chi connectivity index (χ3v) is 6.19. The van der Waals surface area contributed by atoms with Crippen LogP contribution in [0.25, 0.3) is 0 Å². The van der Waals surface area contributed by atoms with E-state index in [1.54, 1.807) is 16.2 Å². The topological polar surface area (TPSA) is 110 Å². The number of aliphatic hydroxyl groups excluding tert-OH is 3. The Morgan fingerprint density at radius 3 is 2.71 bits per heavy atom. The summed E-state index contributed by atoms with van der Waals surface area (Å²) in [4.78, 5) is 16.1. The van der Waals surface area contributed by atoms with Crippen LogP contribution in [0.3, 0.4) is 0 Å². The van der Waals surface area contributed by atoms with Crippen LogP contribution in [0.2, 0.25) is 0 Å². The summed E-state index contributed by atoms with van der Waals surface area (Å²) in [6.45, 7) is 2.39. The van der Waals surface area contributed by atoms with Gasteiger partial charge in [-0.05, 0) is 25.5 Å². The smallest absolute Gasteiger partial charge is 0.323 e. The maximum atomic E-state index is 12.2. The van der Waals surface area contributed by atoms with Crippen molar-refractivity contribution in [1.82, 2.24) is 4.90 Å². The molecule has 0 spiro atoms. The minimum atomic E-state index is -1.66. The van der Waals surface area contributed by atoms with Crippen molar-refractivity contribution in [1.29, 1.82) is 0 Å². The number of hydrogen-bond donors (Lipinski definition) is 4. The van der Waals surface area contributed by atoms with E-state index in [9.17, 15) is 25.2 Å². The van der Waals surface area contributed by atoms with Gasteiger partial charge in [-0.1, -0.05) is 0 Å². The summed E-state index contributed by atoms with van der Waals surface area (Å²) in [7, 11) is 1.28. The number of fused-ring (bicyclic) bond motifs is 1. The Balaban J connectivity index is 1.94. The van der Waals surface area contributed by atoms with Crippen molar-refractivity contribution in [3.05, 3.63) is 21.9 Å². The predicted octanol–water partition coefficient (Wildman–Crippen LogP) is -0.610. The molecule has 0 radical (unpaired) electrons. The molecule has 0 aromatic carbocycles. The van der Waals surface area contributed by atoms with Gasteiger partial charge in [0, 0.05) is 28.8 Å². The fourth-order valence-corrected chi connectivity index (χ4v) is 4.82. The summed E-state index contributed by atoms with van der Waals surface area (Å²) in [6, 6.07) is 2.55. The van der Waals surface area contributed by atoms with Gasteiger partial charge in [0.05, 0.1) is 13.2 Å². The largest absolute Gasteiger partial charge is 0.468 e. The summed E-state index contributed by atoms with van der Waals surface area (Å²) in [5.41, 5.74) is -1.66. The molecule has 6 atom stereocenters. The Morgan fingerprint density at radius 1 is 1.42 bits per heavy atom. The van der Waals surface area contributed by atoms with Gasteiger partial charge in [-0.25, -0.2) is 0 Å². The molecule has 1 aliphatic carbocycles. The average molecular weight is 357 g/mol. The molecular formula is C16H23NO6S. The van der Waals surface area contributed by atoms with Crippen molar-refractivity contribution in [2.24, 2.45) is 0 Å². The highest BCUT2D eigenvalue weighted by atomic mass is 32.1. The number of carbonyl (C=O) groups is 1. The number of aliphatic hydroxyl groups is 4. The Labute approximate surface area is 144 Å². The molecule has 0 amide bonds. The van der Waals surface area contributed by atoms with Crippen molar-refractivity contribution < 1.29 is 30.0 Å². The quantitative estimate of drug-likeness (QED) is 0.534. The Hall–Kier alpha value is -1.03. The normalized spacial score (nSPS) is 39.7. The Bertz CT molecular complexity index is 621. The van der Waals surface area contributed by atoms with E-state index in [-0.39, 0.29) is 12.8 Å². The molecule has 1 aromatic rings. The first-order valence-corrected chi connectivity index (χ1v) is 8.75. The third-order valence-electron chi connectivity index (χ3n) is 5.20. The number of ether oxygens (including phenoxy) is 1. The average Bonchev–Trinajstić information content (AvgIpc) is 3.08. The summed E-state index contributed by atoms with van der Waals surface area (Å²) in [6.07, 6.45) is -4.08. The van der Waals surface area contributed by atoms with E-state index < -0.39 is 42.0 Å². The summed E-state index contributed by atoms with van der Waals surface area (Å²) in [5.74, 6) is -0.498. The lowest BCUT2D eigenvalue weighted by Gasteiger charge is -2.45. The first kappa shape index (κ1) is 17.8. The lowest BCUT2D eigenvalue weighted by molar-refractivity contribution is -0.197. The highest BCUT2D eigenvalue weighted by Gasteiger charge is 2.62. The van der Waals surface area contributed by atoms with Crippen LogP contribution < -0.4 is 0 Å². The fraction of sp³-hybridized carbons (Fsp3) is 0.688. The van der Waals surface area contributed by atoms with Gasteiger partial charge in [-0.3, -0.25) is 9.69 Å². The molecule has 2 heterocycles. The van der Waals surface area contributed by atoms with Crippen LogP contribution in [-0.4, -0.2) is 74.4 Å². The molecule has 24 heavy (non-hydrogen) atoms. The number of carbonyl (C=O) groups excluding carboxylic acids is 1. The van der Waals surface area contributed by atoms with Gasteiger partial charge < -0.3 is 25.2 Å². The molecule has 1 saturated heterocycles. The minimum absolute atomic E-state index is 0.0420. The number of rotatable bonds is 3. The monoisotopic (exact) mass is 357 g/mol. The van der Waals surface area contributed by atoms with E-state index in [0.717, 1.165) is 9.75 Å². The van der Waals surface area contributed by atoms with Crippen molar-refractivity contribution in [3.63, 3.8) is 0 Å². The number of esters is 1. The predicted molar refractivity (Wildman–Crippen MR) is 86.4 cm³/mol. The molecule has 2 fully saturated rings. The van der Waals surface area contributed by atoms with E-state index in [2.05, 4.69) is 0 Å². The molecular weight excluding hydrogens is 334 g/mol. The van der Waals surface area contributed by atoms with Gasteiger partial charge in [-0.15, -0.1) is 11.3 Å². The zero-order valence-corrected chi connectivity index (χ0v) is 14.4. The molecule has 134 valence electrons. The van der Waals surface area contributed by atoms with Crippen LogP contribution in [0.5, 0.6) is 0 Å². The van der Waals surface area contributed by atoms with Crippen molar-refractivity contribution in [2.75, 3.05) is 7.11 Å². The van der Waals surface area contributed by atoms with Crippen molar-refractivity contribution in [3.8, 4) is 0 Å². The maximum Gasteiger partial charge on any atom is 0.323 e. The van der Waals surface area contributed by atoms with Crippen LogP contribution >= 0.6 is 11.3 Å². The number of methoxy groups -OCH3 is 1. The highest BCUT2D eigenvalue weighted by Crippen LogP contribution is 2.44. The number of thiophene rings is 1. The zero-order valence-electron chi connectivity index (χ0n) is 13.6. The second-order valence-corrected chi connectivity index (χ2v) is 8.05. The maximum absolute atomic E-state index is 12.2. The van der Waals surface area contributed by atoms with E-state index in [0.29, 0.717) is 6.54 Å². The standard InChI is InChI=1S/C16H23NO6S/c1-8-3-4-9(24-8)7-17-10(15(21)23-2)6-16(22)12(17)5-11(18)13(19)14(16)20/h3-4,10-14,18-20,22H,5-7H2,1-2H3/t10-,11+,12+,13-,14-,16-/m0/s1. The second-order valence-electron chi connectivity index (χ2n) is 6.67. The van der Waals surface area contributed by atoms with Crippen LogP contribution in [0.15, 0.2) is 12.1 Å². The van der Waals surface area contributed by atoms with Gasteiger partial charge in [0.1, 0.15) is 23.9 Å². The van der Waals surface area contributed by atoms with Gasteiger partial charge in [-0.2, -0.15) is 0 Å².